The van der Waals surface area contributed by atoms with E-state index in [1.807, 2.05) is 7.05 Å². The number of aliphatic imine (C=N–C) groups is 1. The first kappa shape index (κ1) is 20.2. The fourth-order valence-corrected chi connectivity index (χ4v) is 2.64. The molecule has 1 unspecified atom stereocenters. The van der Waals surface area contributed by atoms with Crippen molar-refractivity contribution in [2.24, 2.45) is 10.9 Å². The van der Waals surface area contributed by atoms with Gasteiger partial charge in [-0.3, -0.25) is 4.99 Å². The van der Waals surface area contributed by atoms with Crippen molar-refractivity contribution in [1.29, 1.82) is 0 Å². The lowest BCUT2D eigenvalue weighted by atomic mass is 10.1. The van der Waals surface area contributed by atoms with Gasteiger partial charge < -0.3 is 25.0 Å². The molecule has 2 N–H and O–H groups in total. The third-order valence-corrected chi connectivity index (χ3v) is 4.07. The molecular weight excluding hydrogens is 292 g/mol. The predicted octanol–water partition coefficient (Wildman–Crippen LogP) is 1.33. The van der Waals surface area contributed by atoms with E-state index in [1.54, 1.807) is 0 Å². The molecule has 0 radical (unpaired) electrons. The van der Waals surface area contributed by atoms with E-state index < -0.39 is 0 Å². The van der Waals surface area contributed by atoms with E-state index in [0.717, 1.165) is 78.0 Å². The molecule has 0 amide bonds. The molecule has 0 aromatic rings. The summed E-state index contributed by atoms with van der Waals surface area (Å²) in [4.78, 5) is 6.70. The van der Waals surface area contributed by atoms with E-state index in [4.69, 9.17) is 9.47 Å². The summed E-state index contributed by atoms with van der Waals surface area (Å²) in [7, 11) is 1.82. The van der Waals surface area contributed by atoms with Crippen LogP contribution in [-0.2, 0) is 9.47 Å². The molecule has 1 saturated heterocycles. The van der Waals surface area contributed by atoms with Gasteiger partial charge in [0.1, 0.15) is 0 Å². The Hall–Kier alpha value is -0.850. The molecule has 0 aromatic carbocycles. The second kappa shape index (κ2) is 13.6. The van der Waals surface area contributed by atoms with E-state index in [9.17, 15) is 0 Å². The van der Waals surface area contributed by atoms with E-state index in [-0.39, 0.29) is 0 Å². The maximum atomic E-state index is 5.70. The number of guanidine groups is 1. The van der Waals surface area contributed by atoms with Gasteiger partial charge in [-0.15, -0.1) is 0 Å². The van der Waals surface area contributed by atoms with Crippen molar-refractivity contribution >= 4 is 5.96 Å². The fourth-order valence-electron chi connectivity index (χ4n) is 2.64. The zero-order valence-corrected chi connectivity index (χ0v) is 15.3. The highest BCUT2D eigenvalue weighted by Gasteiger charge is 2.15. The third-order valence-electron chi connectivity index (χ3n) is 4.07. The minimum atomic E-state index is 0.599. The summed E-state index contributed by atoms with van der Waals surface area (Å²) in [5.74, 6) is 1.48. The zero-order chi connectivity index (χ0) is 16.8. The standard InChI is InChI=1S/C17H36N4O2/c1-4-10-21(5-2)11-9-20-17(18-3)19-8-6-12-22-14-16-7-13-23-15-16/h16H,4-15H2,1-3H3,(H2,18,19,20). The second-order valence-corrected chi connectivity index (χ2v) is 6.02. The largest absolute Gasteiger partial charge is 0.381 e. The molecule has 0 saturated carbocycles. The van der Waals surface area contributed by atoms with Gasteiger partial charge in [0.05, 0.1) is 13.2 Å². The monoisotopic (exact) mass is 328 g/mol. The van der Waals surface area contributed by atoms with Gasteiger partial charge in [0.2, 0.25) is 0 Å². The lowest BCUT2D eigenvalue weighted by Gasteiger charge is -2.20. The van der Waals surface area contributed by atoms with Crippen molar-refractivity contribution in [3.8, 4) is 0 Å². The van der Waals surface area contributed by atoms with Gasteiger partial charge in [-0.1, -0.05) is 13.8 Å². The number of ether oxygens (including phenoxy) is 2. The predicted molar refractivity (Wildman–Crippen MR) is 96.1 cm³/mol. The van der Waals surface area contributed by atoms with Crippen LogP contribution in [0.5, 0.6) is 0 Å². The molecule has 0 aliphatic carbocycles. The summed E-state index contributed by atoms with van der Waals surface area (Å²) in [6.45, 7) is 12.9. The van der Waals surface area contributed by atoms with Gasteiger partial charge in [-0.25, -0.2) is 0 Å². The van der Waals surface area contributed by atoms with Crippen molar-refractivity contribution in [3.63, 3.8) is 0 Å². The molecular formula is C17H36N4O2. The minimum absolute atomic E-state index is 0.599. The van der Waals surface area contributed by atoms with Crippen LogP contribution in [0.15, 0.2) is 4.99 Å². The molecule has 136 valence electrons. The number of hydrogen-bond acceptors (Lipinski definition) is 4. The zero-order valence-electron chi connectivity index (χ0n) is 15.3. The van der Waals surface area contributed by atoms with Crippen molar-refractivity contribution in [2.75, 3.05) is 66.2 Å². The summed E-state index contributed by atoms with van der Waals surface area (Å²) in [5.41, 5.74) is 0. The van der Waals surface area contributed by atoms with Crippen LogP contribution in [0.3, 0.4) is 0 Å². The van der Waals surface area contributed by atoms with Gasteiger partial charge in [-0.2, -0.15) is 0 Å². The maximum Gasteiger partial charge on any atom is 0.191 e. The van der Waals surface area contributed by atoms with Gasteiger partial charge in [0.15, 0.2) is 5.96 Å². The van der Waals surface area contributed by atoms with Gasteiger partial charge in [0, 0.05) is 45.8 Å². The van der Waals surface area contributed by atoms with Crippen molar-refractivity contribution in [1.82, 2.24) is 15.5 Å². The molecule has 1 fully saturated rings. The normalized spacial score (nSPS) is 18.6. The highest BCUT2D eigenvalue weighted by Crippen LogP contribution is 2.12. The molecule has 0 aromatic heterocycles. The Morgan fingerprint density at radius 1 is 1.26 bits per heavy atom. The van der Waals surface area contributed by atoms with Crippen LogP contribution >= 0.6 is 0 Å². The van der Waals surface area contributed by atoms with Crippen LogP contribution in [0.25, 0.3) is 0 Å². The summed E-state index contributed by atoms with van der Waals surface area (Å²) < 4.78 is 11.0. The SMILES string of the molecule is CCCN(CC)CCNC(=NC)NCCCOCC1CCOC1. The lowest BCUT2D eigenvalue weighted by molar-refractivity contribution is 0.0888. The van der Waals surface area contributed by atoms with E-state index >= 15 is 0 Å². The van der Waals surface area contributed by atoms with Gasteiger partial charge >= 0.3 is 0 Å². The highest BCUT2D eigenvalue weighted by molar-refractivity contribution is 5.79. The van der Waals surface area contributed by atoms with Crippen LogP contribution < -0.4 is 10.6 Å². The quantitative estimate of drug-likeness (QED) is 0.321. The Morgan fingerprint density at radius 3 is 2.74 bits per heavy atom. The molecule has 6 nitrogen and oxygen atoms in total. The van der Waals surface area contributed by atoms with Crippen molar-refractivity contribution < 1.29 is 9.47 Å². The Kier molecular flexibility index (Phi) is 11.9. The van der Waals surface area contributed by atoms with Gasteiger partial charge in [0.25, 0.3) is 0 Å². The molecule has 6 heteroatoms. The Labute approximate surface area is 142 Å². The van der Waals surface area contributed by atoms with Crippen LogP contribution in [0.1, 0.15) is 33.1 Å². The summed E-state index contributed by atoms with van der Waals surface area (Å²) in [5, 5.41) is 6.71. The smallest absolute Gasteiger partial charge is 0.191 e. The molecule has 1 atom stereocenters. The third kappa shape index (κ3) is 9.79. The van der Waals surface area contributed by atoms with E-state index in [0.29, 0.717) is 5.92 Å². The fraction of sp³-hybridized carbons (Fsp3) is 0.941. The topological polar surface area (TPSA) is 58.1 Å². The molecule has 23 heavy (non-hydrogen) atoms. The first-order chi connectivity index (χ1) is 11.3. The number of hydrogen-bond donors (Lipinski definition) is 2. The second-order valence-electron chi connectivity index (χ2n) is 6.02. The molecule has 0 spiro atoms. The highest BCUT2D eigenvalue weighted by atomic mass is 16.5. The Balaban J connectivity index is 1.98. The summed E-state index contributed by atoms with van der Waals surface area (Å²) >= 11 is 0. The molecule has 1 aliphatic rings. The van der Waals surface area contributed by atoms with Gasteiger partial charge in [-0.05, 0) is 32.4 Å². The molecule has 1 heterocycles. The minimum Gasteiger partial charge on any atom is -0.381 e. The molecule has 1 aliphatic heterocycles. The summed E-state index contributed by atoms with van der Waals surface area (Å²) in [6, 6.07) is 0. The molecule has 0 bridgehead atoms. The first-order valence-corrected chi connectivity index (χ1v) is 9.12. The number of likely N-dealkylation sites (N-methyl/N-ethyl adjacent to an activating group) is 1. The Morgan fingerprint density at radius 2 is 2.09 bits per heavy atom. The number of rotatable bonds is 12. The van der Waals surface area contributed by atoms with Crippen LogP contribution in [0.2, 0.25) is 0 Å². The van der Waals surface area contributed by atoms with Crippen LogP contribution in [0.4, 0.5) is 0 Å². The van der Waals surface area contributed by atoms with E-state index in [1.165, 1.54) is 6.42 Å². The van der Waals surface area contributed by atoms with E-state index in [2.05, 4.69) is 34.4 Å². The van der Waals surface area contributed by atoms with Crippen molar-refractivity contribution in [2.45, 2.75) is 33.1 Å². The average molecular weight is 329 g/mol. The first-order valence-electron chi connectivity index (χ1n) is 9.12. The number of nitrogens with one attached hydrogen (secondary N) is 2. The number of nitrogens with zero attached hydrogens (tertiary/aromatic N) is 2. The molecule has 1 rings (SSSR count). The van der Waals surface area contributed by atoms with Crippen molar-refractivity contribution in [3.05, 3.63) is 0 Å². The Bertz CT molecular complexity index is 307. The van der Waals surface area contributed by atoms with Crippen LogP contribution in [-0.4, -0.2) is 77.1 Å². The lowest BCUT2D eigenvalue weighted by Crippen LogP contribution is -2.42. The summed E-state index contributed by atoms with van der Waals surface area (Å²) in [6.07, 6.45) is 3.33. The van der Waals surface area contributed by atoms with Crippen LogP contribution in [0, 0.1) is 5.92 Å². The maximum absolute atomic E-state index is 5.70. The average Bonchev–Trinajstić information content (AvgIpc) is 3.08.